The molecular formula is C8H19N3O4S2. The Morgan fingerprint density at radius 3 is 2.41 bits per heavy atom. The third-order valence-electron chi connectivity index (χ3n) is 2.67. The van der Waals surface area contributed by atoms with Crippen LogP contribution < -0.4 is 10.0 Å². The van der Waals surface area contributed by atoms with Crippen molar-refractivity contribution < 1.29 is 16.8 Å². The van der Waals surface area contributed by atoms with Crippen LogP contribution in [0, 0.1) is 0 Å². The minimum absolute atomic E-state index is 0.0840. The minimum Gasteiger partial charge on any atom is -0.315 e. The molecule has 0 aliphatic carbocycles. The van der Waals surface area contributed by atoms with Crippen LogP contribution in [-0.4, -0.2) is 65.9 Å². The van der Waals surface area contributed by atoms with Crippen LogP contribution >= 0.6 is 0 Å². The first kappa shape index (κ1) is 14.8. The van der Waals surface area contributed by atoms with Gasteiger partial charge in [-0.25, -0.2) is 25.9 Å². The Balaban J connectivity index is 2.46. The monoisotopic (exact) mass is 285 g/mol. The van der Waals surface area contributed by atoms with Crippen LogP contribution in [0.3, 0.4) is 0 Å². The van der Waals surface area contributed by atoms with Crippen molar-refractivity contribution in [1.82, 2.24) is 14.3 Å². The smallest absolute Gasteiger partial charge is 0.215 e. The summed E-state index contributed by atoms with van der Waals surface area (Å²) in [4.78, 5) is 0. The number of nitrogens with one attached hydrogen (secondary N) is 2. The summed E-state index contributed by atoms with van der Waals surface area (Å²) >= 11 is 0. The molecule has 1 heterocycles. The van der Waals surface area contributed by atoms with Gasteiger partial charge in [-0.15, -0.1) is 0 Å². The molecule has 17 heavy (non-hydrogen) atoms. The van der Waals surface area contributed by atoms with Gasteiger partial charge in [-0.1, -0.05) is 0 Å². The van der Waals surface area contributed by atoms with Gasteiger partial charge in [-0.05, 0) is 13.0 Å². The maximum absolute atomic E-state index is 11.7. The topological polar surface area (TPSA) is 95.6 Å². The van der Waals surface area contributed by atoms with Gasteiger partial charge in [0.05, 0.1) is 11.0 Å². The van der Waals surface area contributed by atoms with Gasteiger partial charge in [0.2, 0.25) is 20.0 Å². The Morgan fingerprint density at radius 2 is 1.94 bits per heavy atom. The number of rotatable bonds is 6. The van der Waals surface area contributed by atoms with Crippen LogP contribution in [0.4, 0.5) is 0 Å². The van der Waals surface area contributed by atoms with E-state index in [1.165, 1.54) is 14.1 Å². The molecule has 0 aromatic carbocycles. The first-order valence-electron chi connectivity index (χ1n) is 5.35. The van der Waals surface area contributed by atoms with Crippen molar-refractivity contribution in [1.29, 1.82) is 0 Å². The minimum atomic E-state index is -3.40. The van der Waals surface area contributed by atoms with Gasteiger partial charge >= 0.3 is 0 Å². The van der Waals surface area contributed by atoms with E-state index in [1.54, 1.807) is 0 Å². The van der Waals surface area contributed by atoms with Crippen LogP contribution in [0.15, 0.2) is 0 Å². The Morgan fingerprint density at radius 1 is 1.29 bits per heavy atom. The lowest BCUT2D eigenvalue weighted by Crippen LogP contribution is -2.39. The number of sulfonamides is 2. The molecule has 0 radical (unpaired) electrons. The van der Waals surface area contributed by atoms with E-state index in [2.05, 4.69) is 10.0 Å². The second-order valence-electron chi connectivity index (χ2n) is 4.15. The second kappa shape index (κ2) is 5.61. The van der Waals surface area contributed by atoms with Crippen molar-refractivity contribution in [2.24, 2.45) is 0 Å². The van der Waals surface area contributed by atoms with E-state index < -0.39 is 25.3 Å². The molecule has 0 aromatic heterocycles. The van der Waals surface area contributed by atoms with Gasteiger partial charge in [-0.3, -0.25) is 0 Å². The van der Waals surface area contributed by atoms with E-state index in [9.17, 15) is 16.8 Å². The van der Waals surface area contributed by atoms with Gasteiger partial charge in [0.1, 0.15) is 0 Å². The molecule has 0 amide bonds. The van der Waals surface area contributed by atoms with Crippen molar-refractivity contribution in [3.63, 3.8) is 0 Å². The molecule has 1 aliphatic rings. The molecule has 2 N–H and O–H groups in total. The molecule has 1 aliphatic heterocycles. The quantitative estimate of drug-likeness (QED) is 0.598. The van der Waals surface area contributed by atoms with Crippen molar-refractivity contribution in [3.05, 3.63) is 0 Å². The summed E-state index contributed by atoms with van der Waals surface area (Å²) in [5.41, 5.74) is 0. The summed E-state index contributed by atoms with van der Waals surface area (Å²) in [6.07, 6.45) is 0.565. The van der Waals surface area contributed by atoms with E-state index in [1.807, 2.05) is 0 Å². The molecule has 1 atom stereocenters. The van der Waals surface area contributed by atoms with Crippen molar-refractivity contribution in [2.75, 3.05) is 39.5 Å². The predicted molar refractivity (Wildman–Crippen MR) is 65.7 cm³/mol. The fourth-order valence-electron chi connectivity index (χ4n) is 1.51. The summed E-state index contributed by atoms with van der Waals surface area (Å²) < 4.78 is 49.7. The zero-order chi connectivity index (χ0) is 13.1. The Labute approximate surface area is 103 Å². The first-order chi connectivity index (χ1) is 7.76. The fraction of sp³-hybridized carbons (Fsp3) is 1.00. The molecule has 9 heteroatoms. The Hall–Kier alpha value is -0.220. The molecule has 0 aromatic rings. The third-order valence-corrected chi connectivity index (χ3v) is 6.39. The standard InChI is InChI=1S/C8H19N3O4S2/c1-11(2)16(12,13)6-5-10-17(14,15)8-3-4-9-7-8/h8-10H,3-7H2,1-2H3. The molecule has 1 unspecified atom stereocenters. The number of hydrogen-bond acceptors (Lipinski definition) is 5. The highest BCUT2D eigenvalue weighted by Crippen LogP contribution is 2.07. The maximum Gasteiger partial charge on any atom is 0.215 e. The summed E-state index contributed by atoms with van der Waals surface area (Å²) in [5, 5.41) is 2.50. The van der Waals surface area contributed by atoms with Gasteiger partial charge < -0.3 is 5.32 Å². The van der Waals surface area contributed by atoms with Crippen LogP contribution in [0.25, 0.3) is 0 Å². The van der Waals surface area contributed by atoms with Gasteiger partial charge in [-0.2, -0.15) is 0 Å². The zero-order valence-corrected chi connectivity index (χ0v) is 11.6. The van der Waals surface area contributed by atoms with Crippen LogP contribution in [-0.2, 0) is 20.0 Å². The van der Waals surface area contributed by atoms with Crippen molar-refractivity contribution in [3.8, 4) is 0 Å². The van der Waals surface area contributed by atoms with E-state index in [0.717, 1.165) is 4.31 Å². The average molecular weight is 285 g/mol. The molecular weight excluding hydrogens is 266 g/mol. The van der Waals surface area contributed by atoms with Crippen LogP contribution in [0.2, 0.25) is 0 Å². The highest BCUT2D eigenvalue weighted by Gasteiger charge is 2.28. The zero-order valence-electron chi connectivity index (χ0n) is 10.0. The van der Waals surface area contributed by atoms with Crippen molar-refractivity contribution in [2.45, 2.75) is 11.7 Å². The van der Waals surface area contributed by atoms with Crippen LogP contribution in [0.1, 0.15) is 6.42 Å². The van der Waals surface area contributed by atoms with E-state index in [4.69, 9.17) is 0 Å². The SMILES string of the molecule is CN(C)S(=O)(=O)CCNS(=O)(=O)C1CCNC1. The molecule has 1 saturated heterocycles. The first-order valence-corrected chi connectivity index (χ1v) is 8.50. The lowest BCUT2D eigenvalue weighted by Gasteiger charge is -2.14. The largest absolute Gasteiger partial charge is 0.315 e. The predicted octanol–water partition coefficient (Wildman–Crippen LogP) is -1.84. The van der Waals surface area contributed by atoms with Gasteiger partial charge in [0, 0.05) is 27.2 Å². The van der Waals surface area contributed by atoms with Gasteiger partial charge in [0.25, 0.3) is 0 Å². The Kier molecular flexibility index (Phi) is 4.90. The number of hydrogen-bond donors (Lipinski definition) is 2. The summed E-state index contributed by atoms with van der Waals surface area (Å²) in [7, 11) is -3.91. The maximum atomic E-state index is 11.7. The fourth-order valence-corrected chi connectivity index (χ4v) is 3.75. The van der Waals surface area contributed by atoms with E-state index in [0.29, 0.717) is 19.5 Å². The Bertz CT molecular complexity index is 437. The molecule has 1 rings (SSSR count). The third kappa shape index (κ3) is 4.18. The number of nitrogens with zero attached hydrogens (tertiary/aromatic N) is 1. The van der Waals surface area contributed by atoms with E-state index >= 15 is 0 Å². The molecule has 102 valence electrons. The summed E-state index contributed by atoms with van der Waals surface area (Å²) in [6, 6.07) is 0. The molecule has 7 nitrogen and oxygen atoms in total. The van der Waals surface area contributed by atoms with Gasteiger partial charge in [0.15, 0.2) is 0 Å². The molecule has 0 spiro atoms. The molecule has 1 fully saturated rings. The van der Waals surface area contributed by atoms with Crippen LogP contribution in [0.5, 0.6) is 0 Å². The molecule has 0 bridgehead atoms. The van der Waals surface area contributed by atoms with E-state index in [-0.39, 0.29) is 12.3 Å². The average Bonchev–Trinajstić information content (AvgIpc) is 2.69. The normalized spacial score (nSPS) is 22.2. The highest BCUT2D eigenvalue weighted by atomic mass is 32.2. The summed E-state index contributed by atoms with van der Waals surface area (Å²) in [5.74, 6) is -0.223. The highest BCUT2D eigenvalue weighted by molar-refractivity contribution is 7.90. The second-order valence-corrected chi connectivity index (χ2v) is 8.50. The summed E-state index contributed by atoms with van der Waals surface area (Å²) in [6.45, 7) is 1.02. The van der Waals surface area contributed by atoms with Crippen molar-refractivity contribution >= 4 is 20.0 Å². The lowest BCUT2D eigenvalue weighted by molar-refractivity contribution is 0.519. The molecule has 0 saturated carbocycles. The lowest BCUT2D eigenvalue weighted by atomic mass is 10.4.